The van der Waals surface area contributed by atoms with Gasteiger partial charge >= 0.3 is 5.97 Å². The van der Waals surface area contributed by atoms with Gasteiger partial charge in [-0.05, 0) is 31.3 Å². The summed E-state index contributed by atoms with van der Waals surface area (Å²) in [6, 6.07) is 5.85. The van der Waals surface area contributed by atoms with Crippen molar-refractivity contribution >= 4 is 11.9 Å². The fourth-order valence-electron chi connectivity index (χ4n) is 1.59. The molecule has 1 amide bonds. The van der Waals surface area contributed by atoms with Crippen LogP contribution in [0.3, 0.4) is 0 Å². The minimum Gasteiger partial charge on any atom is -0.478 e. The Hall–Kier alpha value is -1.92. The Balaban J connectivity index is 2.37. The highest BCUT2D eigenvalue weighted by molar-refractivity contribution is 5.95. The van der Waals surface area contributed by atoms with E-state index >= 15 is 0 Å². The number of ether oxygens (including phenoxy) is 1. The van der Waals surface area contributed by atoms with Crippen LogP contribution in [0.1, 0.15) is 20.7 Å². The molecule has 20 heavy (non-hydrogen) atoms. The van der Waals surface area contributed by atoms with Gasteiger partial charge in [0.1, 0.15) is 0 Å². The second-order valence-electron chi connectivity index (χ2n) is 4.43. The normalized spacial score (nSPS) is 10.6. The Bertz CT molecular complexity index is 445. The van der Waals surface area contributed by atoms with E-state index in [1.54, 1.807) is 7.11 Å². The quantitative estimate of drug-likeness (QED) is 0.732. The highest BCUT2D eigenvalue weighted by Crippen LogP contribution is 2.04. The van der Waals surface area contributed by atoms with Crippen LogP contribution in [0.2, 0.25) is 0 Å². The van der Waals surface area contributed by atoms with E-state index in [2.05, 4.69) is 10.2 Å². The van der Waals surface area contributed by atoms with Crippen molar-refractivity contribution in [2.24, 2.45) is 0 Å². The number of hydrogen-bond donors (Lipinski definition) is 2. The van der Waals surface area contributed by atoms with Gasteiger partial charge in [-0.3, -0.25) is 4.79 Å². The van der Waals surface area contributed by atoms with Crippen LogP contribution in [0.4, 0.5) is 0 Å². The van der Waals surface area contributed by atoms with Gasteiger partial charge in [-0.25, -0.2) is 4.79 Å². The molecule has 0 atom stereocenters. The predicted octanol–water partition coefficient (Wildman–Crippen LogP) is 0.693. The first-order chi connectivity index (χ1) is 9.54. The molecule has 0 fully saturated rings. The molecule has 0 bridgehead atoms. The lowest BCUT2D eigenvalue weighted by atomic mass is 10.1. The third-order valence-electron chi connectivity index (χ3n) is 2.85. The number of benzene rings is 1. The van der Waals surface area contributed by atoms with E-state index in [1.165, 1.54) is 24.3 Å². The number of carboxylic acids is 1. The first-order valence-electron chi connectivity index (χ1n) is 6.33. The molecule has 0 heterocycles. The SMILES string of the molecule is COCCN(C)CCNC(=O)c1ccc(C(=O)O)cc1. The number of amides is 1. The maximum absolute atomic E-state index is 11.8. The molecule has 0 aliphatic heterocycles. The standard InChI is InChI=1S/C14H20N2O4/c1-16(9-10-20-2)8-7-15-13(17)11-3-5-12(6-4-11)14(18)19/h3-6H,7-10H2,1-2H3,(H,15,17)(H,18,19). The fraction of sp³-hybridized carbons (Fsp3) is 0.429. The van der Waals surface area contributed by atoms with E-state index in [9.17, 15) is 9.59 Å². The van der Waals surface area contributed by atoms with E-state index in [-0.39, 0.29) is 11.5 Å². The molecule has 0 saturated carbocycles. The number of hydrogen-bond acceptors (Lipinski definition) is 4. The van der Waals surface area contributed by atoms with E-state index in [4.69, 9.17) is 9.84 Å². The predicted molar refractivity (Wildman–Crippen MR) is 75.1 cm³/mol. The van der Waals surface area contributed by atoms with E-state index in [0.717, 1.165) is 13.1 Å². The van der Waals surface area contributed by atoms with Gasteiger partial charge in [-0.15, -0.1) is 0 Å². The summed E-state index contributed by atoms with van der Waals surface area (Å²) in [5.74, 6) is -1.21. The van der Waals surface area contributed by atoms with Gasteiger partial charge < -0.3 is 20.1 Å². The van der Waals surface area contributed by atoms with Crippen LogP contribution < -0.4 is 5.32 Å². The van der Waals surface area contributed by atoms with Gasteiger partial charge in [-0.1, -0.05) is 0 Å². The summed E-state index contributed by atoms with van der Waals surface area (Å²) in [6.07, 6.45) is 0. The Morgan fingerprint density at radius 3 is 2.35 bits per heavy atom. The number of methoxy groups -OCH3 is 1. The number of rotatable bonds is 8. The summed E-state index contributed by atoms with van der Waals surface area (Å²) in [6.45, 7) is 2.71. The van der Waals surface area contributed by atoms with Gasteiger partial charge in [0.15, 0.2) is 0 Å². The Morgan fingerprint density at radius 2 is 1.80 bits per heavy atom. The van der Waals surface area contributed by atoms with Gasteiger partial charge in [-0.2, -0.15) is 0 Å². The number of nitrogens with one attached hydrogen (secondary N) is 1. The summed E-state index contributed by atoms with van der Waals surface area (Å²) in [5.41, 5.74) is 0.621. The minimum atomic E-state index is -1.00. The van der Waals surface area contributed by atoms with Crippen LogP contribution in [0.15, 0.2) is 24.3 Å². The second-order valence-corrected chi connectivity index (χ2v) is 4.43. The van der Waals surface area contributed by atoms with Crippen LogP contribution in [0.5, 0.6) is 0 Å². The lowest BCUT2D eigenvalue weighted by molar-refractivity contribution is 0.0696. The van der Waals surface area contributed by atoms with E-state index < -0.39 is 5.97 Å². The van der Waals surface area contributed by atoms with Crippen molar-refractivity contribution in [3.05, 3.63) is 35.4 Å². The first-order valence-corrected chi connectivity index (χ1v) is 6.33. The van der Waals surface area contributed by atoms with Crippen LogP contribution >= 0.6 is 0 Å². The summed E-state index contributed by atoms with van der Waals surface area (Å²) in [4.78, 5) is 24.6. The molecular formula is C14H20N2O4. The Labute approximate surface area is 118 Å². The number of aromatic carboxylic acids is 1. The van der Waals surface area contributed by atoms with Crippen molar-refractivity contribution < 1.29 is 19.4 Å². The molecule has 0 aliphatic rings. The molecule has 6 heteroatoms. The molecule has 0 aliphatic carbocycles. The van der Waals surface area contributed by atoms with E-state index in [0.29, 0.717) is 18.7 Å². The molecule has 1 aromatic carbocycles. The number of carbonyl (C=O) groups excluding carboxylic acids is 1. The van der Waals surface area contributed by atoms with Crippen molar-refractivity contribution in [2.75, 3.05) is 40.4 Å². The van der Waals surface area contributed by atoms with Crippen molar-refractivity contribution in [1.29, 1.82) is 0 Å². The molecule has 0 radical (unpaired) electrons. The highest BCUT2D eigenvalue weighted by atomic mass is 16.5. The van der Waals surface area contributed by atoms with Gasteiger partial charge in [0.2, 0.25) is 0 Å². The molecule has 2 N–H and O–H groups in total. The van der Waals surface area contributed by atoms with Crippen molar-refractivity contribution in [1.82, 2.24) is 10.2 Å². The Kier molecular flexibility index (Phi) is 6.69. The Morgan fingerprint density at radius 1 is 1.20 bits per heavy atom. The van der Waals surface area contributed by atoms with Gasteiger partial charge in [0.05, 0.1) is 12.2 Å². The zero-order valence-corrected chi connectivity index (χ0v) is 11.8. The summed E-state index contributed by atoms with van der Waals surface area (Å²) < 4.78 is 4.96. The smallest absolute Gasteiger partial charge is 0.335 e. The maximum atomic E-state index is 11.8. The summed E-state index contributed by atoms with van der Waals surface area (Å²) >= 11 is 0. The number of likely N-dealkylation sites (N-methyl/N-ethyl adjacent to an activating group) is 1. The molecule has 1 aromatic rings. The van der Waals surface area contributed by atoms with Crippen LogP contribution in [-0.2, 0) is 4.74 Å². The molecule has 1 rings (SSSR count). The third kappa shape index (κ3) is 5.38. The molecule has 0 saturated heterocycles. The fourth-order valence-corrected chi connectivity index (χ4v) is 1.59. The number of carboxylic acid groups (broad SMARTS) is 1. The largest absolute Gasteiger partial charge is 0.478 e. The number of carbonyl (C=O) groups is 2. The topological polar surface area (TPSA) is 78.9 Å². The monoisotopic (exact) mass is 280 g/mol. The minimum absolute atomic E-state index is 0.167. The lowest BCUT2D eigenvalue weighted by Gasteiger charge is -2.16. The second kappa shape index (κ2) is 8.29. The molecule has 0 unspecified atom stereocenters. The molecule has 110 valence electrons. The van der Waals surface area contributed by atoms with Crippen molar-refractivity contribution in [3.8, 4) is 0 Å². The number of nitrogens with zero attached hydrogens (tertiary/aromatic N) is 1. The summed E-state index contributed by atoms with van der Waals surface area (Å²) in [5, 5.41) is 11.6. The summed E-state index contributed by atoms with van der Waals surface area (Å²) in [7, 11) is 3.60. The highest BCUT2D eigenvalue weighted by Gasteiger charge is 2.07. The maximum Gasteiger partial charge on any atom is 0.335 e. The average Bonchev–Trinajstić information content (AvgIpc) is 2.45. The third-order valence-corrected chi connectivity index (χ3v) is 2.85. The first kappa shape index (κ1) is 16.1. The zero-order valence-electron chi connectivity index (χ0n) is 11.8. The molecular weight excluding hydrogens is 260 g/mol. The zero-order chi connectivity index (χ0) is 15.0. The average molecular weight is 280 g/mol. The van der Waals surface area contributed by atoms with Gasteiger partial charge in [0.25, 0.3) is 5.91 Å². The van der Waals surface area contributed by atoms with Crippen LogP contribution in [0.25, 0.3) is 0 Å². The van der Waals surface area contributed by atoms with Crippen LogP contribution in [0, 0.1) is 0 Å². The van der Waals surface area contributed by atoms with E-state index in [1.807, 2.05) is 7.05 Å². The van der Waals surface area contributed by atoms with Crippen molar-refractivity contribution in [3.63, 3.8) is 0 Å². The lowest BCUT2D eigenvalue weighted by Crippen LogP contribution is -2.34. The molecule has 0 aromatic heterocycles. The van der Waals surface area contributed by atoms with Crippen LogP contribution in [-0.4, -0.2) is 62.3 Å². The molecule has 6 nitrogen and oxygen atoms in total. The molecule has 0 spiro atoms. The van der Waals surface area contributed by atoms with Gasteiger partial charge in [0, 0.05) is 32.3 Å². The van der Waals surface area contributed by atoms with Crippen molar-refractivity contribution in [2.45, 2.75) is 0 Å².